The number of nitrogens with zero attached hydrogens (tertiary/aromatic N) is 2. The first-order chi connectivity index (χ1) is 12.1. The zero-order valence-corrected chi connectivity index (χ0v) is 13.9. The maximum Gasteiger partial charge on any atom is 0.267 e. The number of nitrogens with one attached hydrogen (secondary N) is 1. The predicted octanol–water partition coefficient (Wildman–Crippen LogP) is 2.17. The van der Waals surface area contributed by atoms with Crippen LogP contribution in [0.25, 0.3) is 11.3 Å². The van der Waals surface area contributed by atoms with Crippen molar-refractivity contribution >= 4 is 5.91 Å². The number of rotatable bonds is 6. The van der Waals surface area contributed by atoms with E-state index in [-0.39, 0.29) is 18.0 Å². The Morgan fingerprint density at radius 3 is 2.68 bits per heavy atom. The highest BCUT2D eigenvalue weighted by atomic mass is 16.3. The Bertz CT molecular complexity index is 896. The van der Waals surface area contributed by atoms with Crippen LogP contribution in [0, 0.1) is 6.92 Å². The lowest BCUT2D eigenvalue weighted by atomic mass is 10.1. The first-order valence-corrected chi connectivity index (χ1v) is 8.06. The second-order valence-corrected chi connectivity index (χ2v) is 5.76. The average molecular weight is 337 g/mol. The van der Waals surface area contributed by atoms with Gasteiger partial charge in [-0.2, -0.15) is 5.10 Å². The summed E-state index contributed by atoms with van der Waals surface area (Å²) in [5.74, 6) is 0.541. The molecule has 0 fully saturated rings. The average Bonchev–Trinajstić information content (AvgIpc) is 3.11. The van der Waals surface area contributed by atoms with E-state index in [1.54, 1.807) is 18.4 Å². The molecule has 6 heteroatoms. The summed E-state index contributed by atoms with van der Waals surface area (Å²) in [7, 11) is 0. The summed E-state index contributed by atoms with van der Waals surface area (Å²) in [6.45, 7) is 2.33. The lowest BCUT2D eigenvalue weighted by Gasteiger charge is -2.08. The monoisotopic (exact) mass is 337 g/mol. The third-order valence-corrected chi connectivity index (χ3v) is 3.78. The number of carbonyl (C=O) groups is 1. The van der Waals surface area contributed by atoms with Crippen molar-refractivity contribution in [3.8, 4) is 11.3 Å². The van der Waals surface area contributed by atoms with Gasteiger partial charge >= 0.3 is 0 Å². The fourth-order valence-corrected chi connectivity index (χ4v) is 2.41. The van der Waals surface area contributed by atoms with Crippen LogP contribution in [0.15, 0.2) is 64.0 Å². The number of hydrogen-bond acceptors (Lipinski definition) is 4. The van der Waals surface area contributed by atoms with E-state index in [0.29, 0.717) is 18.7 Å². The van der Waals surface area contributed by atoms with E-state index in [0.717, 1.165) is 16.9 Å². The van der Waals surface area contributed by atoms with E-state index in [4.69, 9.17) is 4.42 Å². The largest absolute Gasteiger partial charge is 0.469 e. The summed E-state index contributed by atoms with van der Waals surface area (Å²) in [5, 5.41) is 7.06. The molecule has 3 rings (SSSR count). The van der Waals surface area contributed by atoms with Gasteiger partial charge in [0.2, 0.25) is 5.91 Å². The van der Waals surface area contributed by atoms with Gasteiger partial charge in [0.25, 0.3) is 5.56 Å². The van der Waals surface area contributed by atoms with Crippen molar-refractivity contribution in [1.29, 1.82) is 0 Å². The van der Waals surface area contributed by atoms with Crippen molar-refractivity contribution in [3.05, 3.63) is 76.5 Å². The minimum absolute atomic E-state index is 0.114. The SMILES string of the molecule is Cc1ccc(-c2ccc(=O)n(CC(=O)NCCc3ccco3)n2)cc1. The Morgan fingerprint density at radius 1 is 1.16 bits per heavy atom. The Balaban J connectivity index is 1.65. The zero-order chi connectivity index (χ0) is 17.6. The molecular weight excluding hydrogens is 318 g/mol. The van der Waals surface area contributed by atoms with Gasteiger partial charge in [0, 0.05) is 24.6 Å². The van der Waals surface area contributed by atoms with Gasteiger partial charge in [0.1, 0.15) is 12.3 Å². The second kappa shape index (κ2) is 7.61. The van der Waals surface area contributed by atoms with Crippen LogP contribution in [0.2, 0.25) is 0 Å². The van der Waals surface area contributed by atoms with Crippen LogP contribution in [0.5, 0.6) is 0 Å². The Labute approximate surface area is 145 Å². The van der Waals surface area contributed by atoms with Gasteiger partial charge < -0.3 is 9.73 Å². The molecule has 0 aliphatic rings. The third kappa shape index (κ3) is 4.44. The topological polar surface area (TPSA) is 77.1 Å². The highest BCUT2D eigenvalue weighted by Gasteiger charge is 2.08. The van der Waals surface area contributed by atoms with Crippen LogP contribution in [0.1, 0.15) is 11.3 Å². The van der Waals surface area contributed by atoms with Crippen LogP contribution in [0.4, 0.5) is 0 Å². The van der Waals surface area contributed by atoms with Crippen molar-refractivity contribution in [1.82, 2.24) is 15.1 Å². The molecule has 128 valence electrons. The highest BCUT2D eigenvalue weighted by Crippen LogP contribution is 2.15. The summed E-state index contributed by atoms with van der Waals surface area (Å²) < 4.78 is 6.38. The van der Waals surface area contributed by atoms with E-state index in [1.807, 2.05) is 37.3 Å². The van der Waals surface area contributed by atoms with E-state index in [2.05, 4.69) is 10.4 Å². The molecule has 0 spiro atoms. The minimum Gasteiger partial charge on any atom is -0.469 e. The summed E-state index contributed by atoms with van der Waals surface area (Å²) in [4.78, 5) is 24.0. The molecule has 0 aliphatic carbocycles. The number of hydrogen-bond donors (Lipinski definition) is 1. The van der Waals surface area contributed by atoms with E-state index in [9.17, 15) is 9.59 Å². The number of amides is 1. The van der Waals surface area contributed by atoms with Crippen molar-refractivity contribution in [3.63, 3.8) is 0 Å². The normalized spacial score (nSPS) is 10.6. The Hall–Kier alpha value is -3.15. The lowest BCUT2D eigenvalue weighted by Crippen LogP contribution is -2.34. The maximum absolute atomic E-state index is 12.0. The number of aryl methyl sites for hydroxylation is 1. The zero-order valence-electron chi connectivity index (χ0n) is 13.9. The molecule has 6 nitrogen and oxygen atoms in total. The summed E-state index contributed by atoms with van der Waals surface area (Å²) in [5.41, 5.74) is 2.39. The van der Waals surface area contributed by atoms with Crippen LogP contribution < -0.4 is 10.9 Å². The summed E-state index contributed by atoms with van der Waals surface area (Å²) in [6, 6.07) is 14.6. The number of aromatic nitrogens is 2. The van der Waals surface area contributed by atoms with Gasteiger partial charge in [-0.05, 0) is 25.1 Å². The number of furan rings is 1. The minimum atomic E-state index is -0.308. The van der Waals surface area contributed by atoms with E-state index >= 15 is 0 Å². The molecule has 0 aliphatic heterocycles. The van der Waals surface area contributed by atoms with E-state index < -0.39 is 0 Å². The predicted molar refractivity (Wildman–Crippen MR) is 94.1 cm³/mol. The lowest BCUT2D eigenvalue weighted by molar-refractivity contribution is -0.121. The van der Waals surface area contributed by atoms with Crippen LogP contribution in [-0.4, -0.2) is 22.2 Å². The Kier molecular flexibility index (Phi) is 5.09. The fraction of sp³-hybridized carbons (Fsp3) is 0.211. The van der Waals surface area contributed by atoms with Crippen LogP contribution >= 0.6 is 0 Å². The standard InChI is InChI=1S/C19H19N3O3/c1-14-4-6-15(7-5-14)17-8-9-19(24)22(21-17)13-18(23)20-11-10-16-3-2-12-25-16/h2-9,12H,10-11,13H2,1H3,(H,20,23). The number of carbonyl (C=O) groups excluding carboxylic acids is 1. The highest BCUT2D eigenvalue weighted by molar-refractivity contribution is 5.75. The second-order valence-electron chi connectivity index (χ2n) is 5.76. The summed E-state index contributed by atoms with van der Waals surface area (Å²) in [6.07, 6.45) is 2.20. The molecule has 1 aromatic carbocycles. The molecule has 25 heavy (non-hydrogen) atoms. The molecule has 0 saturated carbocycles. The Morgan fingerprint density at radius 2 is 1.96 bits per heavy atom. The molecule has 1 amide bonds. The van der Waals surface area contributed by atoms with Crippen molar-refractivity contribution in [2.45, 2.75) is 19.9 Å². The fourth-order valence-electron chi connectivity index (χ4n) is 2.41. The molecule has 2 heterocycles. The van der Waals surface area contributed by atoms with Crippen LogP contribution in [0.3, 0.4) is 0 Å². The van der Waals surface area contributed by atoms with Gasteiger partial charge in [-0.25, -0.2) is 4.68 Å². The molecule has 0 radical (unpaired) electrons. The van der Waals surface area contributed by atoms with Gasteiger partial charge in [-0.1, -0.05) is 29.8 Å². The smallest absolute Gasteiger partial charge is 0.267 e. The molecule has 0 saturated heterocycles. The molecule has 2 aromatic heterocycles. The van der Waals surface area contributed by atoms with E-state index in [1.165, 1.54) is 10.7 Å². The number of benzene rings is 1. The van der Waals surface area contributed by atoms with Crippen molar-refractivity contribution in [2.75, 3.05) is 6.54 Å². The first kappa shape index (κ1) is 16.7. The van der Waals surface area contributed by atoms with Crippen LogP contribution in [-0.2, 0) is 17.8 Å². The van der Waals surface area contributed by atoms with Crippen molar-refractivity contribution < 1.29 is 9.21 Å². The van der Waals surface area contributed by atoms with Gasteiger partial charge in [-0.15, -0.1) is 0 Å². The van der Waals surface area contributed by atoms with Gasteiger partial charge in [0.15, 0.2) is 0 Å². The van der Waals surface area contributed by atoms with Crippen molar-refractivity contribution in [2.24, 2.45) is 0 Å². The molecule has 0 bridgehead atoms. The molecule has 0 unspecified atom stereocenters. The maximum atomic E-state index is 12.0. The molecular formula is C19H19N3O3. The van der Waals surface area contributed by atoms with Gasteiger partial charge in [-0.3, -0.25) is 9.59 Å². The molecule has 1 N–H and O–H groups in total. The third-order valence-electron chi connectivity index (χ3n) is 3.78. The quantitative estimate of drug-likeness (QED) is 0.748. The summed E-state index contributed by atoms with van der Waals surface area (Å²) >= 11 is 0. The molecule has 0 atom stereocenters. The first-order valence-electron chi connectivity index (χ1n) is 8.06. The van der Waals surface area contributed by atoms with Gasteiger partial charge in [0.05, 0.1) is 12.0 Å². The molecule has 3 aromatic rings.